The first-order valence-corrected chi connectivity index (χ1v) is 3.79. The average molecular weight is 163 g/mol. The molecule has 0 aliphatic carbocycles. The van der Waals surface area contributed by atoms with Crippen molar-refractivity contribution in [3.63, 3.8) is 0 Å². The number of carbonyl (C=O) groups is 1. The predicted molar refractivity (Wildman–Crippen MR) is 45.7 cm³/mol. The smallest absolute Gasteiger partial charge is 0.267 e. The van der Waals surface area contributed by atoms with Crippen LogP contribution in [-0.4, -0.2) is 10.9 Å². The highest BCUT2D eigenvalue weighted by Crippen LogP contribution is 2.10. The highest BCUT2D eigenvalue weighted by Gasteiger charge is 2.05. The van der Waals surface area contributed by atoms with E-state index in [1.807, 2.05) is 19.9 Å². The molecule has 0 saturated carbocycles. The van der Waals surface area contributed by atoms with Gasteiger partial charge in [-0.3, -0.25) is 4.79 Å². The lowest BCUT2D eigenvalue weighted by Crippen LogP contribution is -2.14. The molecule has 1 amide bonds. The Morgan fingerprint density at radius 1 is 1.67 bits per heavy atom. The van der Waals surface area contributed by atoms with Crippen LogP contribution in [0.5, 0.6) is 0 Å². The molecule has 3 nitrogen and oxygen atoms in total. The Balaban J connectivity index is 3.04. The van der Waals surface area contributed by atoms with Gasteiger partial charge in [0, 0.05) is 11.8 Å². The number of nitrogens with zero attached hydrogens (tertiary/aromatic N) is 1. The third-order valence-corrected chi connectivity index (χ3v) is 1.54. The zero-order valence-electron chi connectivity index (χ0n) is 7.16. The number of nitrogens with two attached hydrogens (primary N) is 1. The monoisotopic (exact) mass is 163 g/mol. The van der Waals surface area contributed by atoms with Crippen molar-refractivity contribution in [1.29, 1.82) is 0 Å². The molecule has 1 aromatic heterocycles. The SMILES string of the molecule is CC(C)c1cc[c]c(C(N)=O)n1. The number of hydrogen-bond acceptors (Lipinski definition) is 2. The van der Waals surface area contributed by atoms with Crippen LogP contribution in [0.3, 0.4) is 0 Å². The first-order chi connectivity index (χ1) is 5.61. The Morgan fingerprint density at radius 3 is 2.83 bits per heavy atom. The van der Waals surface area contributed by atoms with Gasteiger partial charge in [0.15, 0.2) is 0 Å². The summed E-state index contributed by atoms with van der Waals surface area (Å²) in [4.78, 5) is 14.7. The third-order valence-electron chi connectivity index (χ3n) is 1.54. The largest absolute Gasteiger partial charge is 0.364 e. The van der Waals surface area contributed by atoms with E-state index in [0.29, 0.717) is 5.92 Å². The fraction of sp³-hybridized carbons (Fsp3) is 0.333. The number of rotatable bonds is 2. The fourth-order valence-electron chi connectivity index (χ4n) is 0.852. The molecule has 0 unspecified atom stereocenters. The predicted octanol–water partition coefficient (Wildman–Crippen LogP) is 1.10. The minimum Gasteiger partial charge on any atom is -0.364 e. The number of amides is 1. The molecule has 0 bridgehead atoms. The molecule has 0 aliphatic rings. The molecule has 1 rings (SSSR count). The molecular formula is C9H11N2O. The summed E-state index contributed by atoms with van der Waals surface area (Å²) >= 11 is 0. The Bertz CT molecular complexity index is 294. The molecule has 0 spiro atoms. The second kappa shape index (κ2) is 3.34. The van der Waals surface area contributed by atoms with Crippen LogP contribution >= 0.6 is 0 Å². The van der Waals surface area contributed by atoms with Crippen LogP contribution in [0.1, 0.15) is 35.9 Å². The lowest BCUT2D eigenvalue weighted by molar-refractivity contribution is 0.0995. The molecular weight excluding hydrogens is 152 g/mol. The molecule has 0 saturated heterocycles. The fourth-order valence-corrected chi connectivity index (χ4v) is 0.852. The van der Waals surface area contributed by atoms with E-state index in [2.05, 4.69) is 11.1 Å². The van der Waals surface area contributed by atoms with E-state index in [1.54, 1.807) is 6.07 Å². The summed E-state index contributed by atoms with van der Waals surface area (Å²) < 4.78 is 0. The van der Waals surface area contributed by atoms with Crippen LogP contribution in [0.2, 0.25) is 0 Å². The summed E-state index contributed by atoms with van der Waals surface area (Å²) in [5.74, 6) is -0.227. The molecule has 0 atom stereocenters. The van der Waals surface area contributed by atoms with Crippen molar-refractivity contribution in [3.05, 3.63) is 29.6 Å². The number of carbonyl (C=O) groups excluding carboxylic acids is 1. The van der Waals surface area contributed by atoms with Crippen molar-refractivity contribution in [2.24, 2.45) is 5.73 Å². The molecule has 1 heterocycles. The normalized spacial score (nSPS) is 10.2. The summed E-state index contributed by atoms with van der Waals surface area (Å²) in [7, 11) is 0. The van der Waals surface area contributed by atoms with Crippen LogP contribution in [0.25, 0.3) is 0 Å². The van der Waals surface area contributed by atoms with E-state index >= 15 is 0 Å². The highest BCUT2D eigenvalue weighted by atomic mass is 16.1. The summed E-state index contributed by atoms with van der Waals surface area (Å²) in [5, 5.41) is 0. The van der Waals surface area contributed by atoms with Crippen LogP contribution in [0.4, 0.5) is 0 Å². The van der Waals surface area contributed by atoms with Crippen molar-refractivity contribution in [1.82, 2.24) is 4.98 Å². The van der Waals surface area contributed by atoms with Gasteiger partial charge in [-0.15, -0.1) is 0 Å². The van der Waals surface area contributed by atoms with E-state index in [-0.39, 0.29) is 5.69 Å². The maximum Gasteiger partial charge on any atom is 0.267 e. The summed E-state index contributed by atoms with van der Waals surface area (Å²) in [6.07, 6.45) is 0. The van der Waals surface area contributed by atoms with Gasteiger partial charge in [-0.05, 0) is 12.0 Å². The maximum absolute atomic E-state index is 10.7. The van der Waals surface area contributed by atoms with Crippen molar-refractivity contribution >= 4 is 5.91 Å². The summed E-state index contributed by atoms with van der Waals surface area (Å²) in [6.45, 7) is 4.01. The van der Waals surface area contributed by atoms with Gasteiger partial charge < -0.3 is 5.73 Å². The zero-order chi connectivity index (χ0) is 9.14. The number of aromatic nitrogens is 1. The quantitative estimate of drug-likeness (QED) is 0.709. The zero-order valence-corrected chi connectivity index (χ0v) is 7.16. The van der Waals surface area contributed by atoms with Gasteiger partial charge in [0.25, 0.3) is 5.91 Å². The van der Waals surface area contributed by atoms with Crippen molar-refractivity contribution in [2.75, 3.05) is 0 Å². The van der Waals surface area contributed by atoms with Gasteiger partial charge >= 0.3 is 0 Å². The standard InChI is InChI=1S/C9H11N2O/c1-6(2)7-4-3-5-8(11-7)9(10)12/h3-4,6H,1-2H3,(H2,10,12). The molecule has 2 N–H and O–H groups in total. The van der Waals surface area contributed by atoms with E-state index in [1.165, 1.54) is 0 Å². The minimum atomic E-state index is -0.530. The maximum atomic E-state index is 10.7. The van der Waals surface area contributed by atoms with Gasteiger partial charge in [0.05, 0.1) is 0 Å². The van der Waals surface area contributed by atoms with E-state index in [9.17, 15) is 4.79 Å². The first-order valence-electron chi connectivity index (χ1n) is 3.79. The van der Waals surface area contributed by atoms with E-state index < -0.39 is 5.91 Å². The van der Waals surface area contributed by atoms with Crippen LogP contribution in [0.15, 0.2) is 12.1 Å². The summed E-state index contributed by atoms with van der Waals surface area (Å²) in [6, 6.07) is 6.18. The first kappa shape index (κ1) is 8.71. The van der Waals surface area contributed by atoms with Gasteiger partial charge in [-0.1, -0.05) is 19.9 Å². The van der Waals surface area contributed by atoms with Crippen molar-refractivity contribution < 1.29 is 4.79 Å². The van der Waals surface area contributed by atoms with Gasteiger partial charge in [-0.2, -0.15) is 0 Å². The van der Waals surface area contributed by atoms with E-state index in [0.717, 1.165) is 5.69 Å². The topological polar surface area (TPSA) is 56.0 Å². The Labute approximate surface area is 71.6 Å². The Hall–Kier alpha value is -1.38. The third kappa shape index (κ3) is 1.81. The lowest BCUT2D eigenvalue weighted by Gasteiger charge is -2.03. The molecule has 12 heavy (non-hydrogen) atoms. The number of hydrogen-bond donors (Lipinski definition) is 1. The second-order valence-electron chi connectivity index (χ2n) is 2.88. The molecule has 3 heteroatoms. The van der Waals surface area contributed by atoms with Crippen LogP contribution in [0, 0.1) is 6.07 Å². The second-order valence-corrected chi connectivity index (χ2v) is 2.88. The summed E-state index contributed by atoms with van der Waals surface area (Å²) in [5.41, 5.74) is 6.12. The number of primary amides is 1. The lowest BCUT2D eigenvalue weighted by atomic mass is 10.1. The van der Waals surface area contributed by atoms with Gasteiger partial charge in [-0.25, -0.2) is 4.98 Å². The number of pyridine rings is 1. The van der Waals surface area contributed by atoms with E-state index in [4.69, 9.17) is 5.73 Å². The molecule has 1 radical (unpaired) electrons. The van der Waals surface area contributed by atoms with Crippen molar-refractivity contribution in [3.8, 4) is 0 Å². The molecule has 63 valence electrons. The molecule has 0 aliphatic heterocycles. The molecule has 0 aromatic carbocycles. The van der Waals surface area contributed by atoms with Gasteiger partial charge in [0.2, 0.25) is 0 Å². The van der Waals surface area contributed by atoms with Crippen LogP contribution < -0.4 is 5.73 Å². The van der Waals surface area contributed by atoms with Crippen molar-refractivity contribution in [2.45, 2.75) is 19.8 Å². The Morgan fingerprint density at radius 2 is 2.33 bits per heavy atom. The van der Waals surface area contributed by atoms with Crippen LogP contribution in [-0.2, 0) is 0 Å². The molecule has 0 fully saturated rings. The average Bonchev–Trinajstić information content (AvgIpc) is 2.04. The highest BCUT2D eigenvalue weighted by molar-refractivity contribution is 5.90. The molecule has 1 aromatic rings. The minimum absolute atomic E-state index is 0.209. The van der Waals surface area contributed by atoms with Gasteiger partial charge in [0.1, 0.15) is 5.69 Å². The Kier molecular flexibility index (Phi) is 2.43.